The van der Waals surface area contributed by atoms with Crippen LogP contribution in [-0.4, -0.2) is 17.5 Å². The van der Waals surface area contributed by atoms with Crippen molar-refractivity contribution in [2.24, 2.45) is 10.7 Å². The molecule has 4 nitrogen and oxygen atoms in total. The second-order valence-electron chi connectivity index (χ2n) is 3.82. The summed E-state index contributed by atoms with van der Waals surface area (Å²) in [6.45, 7) is 3.64. The van der Waals surface area contributed by atoms with Gasteiger partial charge in [-0.05, 0) is 6.92 Å². The standard InChI is InChI=1S/C13H16N2O2/c1-3-13(17)15-12(14)8-11(16)10-6-4-9(2)5-7-10/h4-7H,3,8H2,1-2H3,(H2,14,15,17). The average Bonchev–Trinajstić information content (AvgIpc) is 2.29. The van der Waals surface area contributed by atoms with Gasteiger partial charge in [0.15, 0.2) is 5.78 Å². The van der Waals surface area contributed by atoms with Gasteiger partial charge in [0.25, 0.3) is 0 Å². The molecule has 1 aromatic rings. The van der Waals surface area contributed by atoms with E-state index in [0.29, 0.717) is 12.0 Å². The van der Waals surface area contributed by atoms with Crippen molar-refractivity contribution in [1.82, 2.24) is 0 Å². The quantitative estimate of drug-likeness (QED) is 0.489. The Hall–Kier alpha value is -1.97. The number of carbonyl (C=O) groups is 2. The molecule has 0 saturated carbocycles. The molecule has 1 rings (SSSR count). The highest BCUT2D eigenvalue weighted by atomic mass is 16.1. The maximum atomic E-state index is 11.8. The number of nitrogens with zero attached hydrogens (tertiary/aromatic N) is 1. The number of benzene rings is 1. The van der Waals surface area contributed by atoms with Gasteiger partial charge in [-0.3, -0.25) is 9.59 Å². The Bertz CT molecular complexity index is 447. The molecule has 0 radical (unpaired) electrons. The number of hydrogen-bond donors (Lipinski definition) is 1. The first-order valence-electron chi connectivity index (χ1n) is 5.48. The van der Waals surface area contributed by atoms with Crippen LogP contribution in [0.3, 0.4) is 0 Å². The molecule has 0 aliphatic rings. The fourth-order valence-corrected chi connectivity index (χ4v) is 1.28. The second kappa shape index (κ2) is 5.94. The van der Waals surface area contributed by atoms with E-state index in [1.807, 2.05) is 19.1 Å². The van der Waals surface area contributed by atoms with Crippen LogP contribution in [0.4, 0.5) is 0 Å². The fourth-order valence-electron chi connectivity index (χ4n) is 1.28. The summed E-state index contributed by atoms with van der Waals surface area (Å²) in [6.07, 6.45) is 0.272. The van der Waals surface area contributed by atoms with E-state index in [1.165, 1.54) is 0 Å². The van der Waals surface area contributed by atoms with E-state index in [1.54, 1.807) is 19.1 Å². The van der Waals surface area contributed by atoms with Crippen LogP contribution in [0.25, 0.3) is 0 Å². The molecule has 1 amide bonds. The van der Waals surface area contributed by atoms with Gasteiger partial charge in [-0.15, -0.1) is 0 Å². The normalized spacial score (nSPS) is 11.3. The van der Waals surface area contributed by atoms with Crippen LogP contribution >= 0.6 is 0 Å². The lowest BCUT2D eigenvalue weighted by atomic mass is 10.1. The van der Waals surface area contributed by atoms with Crippen molar-refractivity contribution < 1.29 is 9.59 Å². The van der Waals surface area contributed by atoms with E-state index in [2.05, 4.69) is 4.99 Å². The van der Waals surface area contributed by atoms with Crippen molar-refractivity contribution in [3.05, 3.63) is 35.4 Å². The average molecular weight is 232 g/mol. The van der Waals surface area contributed by atoms with E-state index in [0.717, 1.165) is 5.56 Å². The fraction of sp³-hybridized carbons (Fsp3) is 0.308. The Kier molecular flexibility index (Phi) is 4.57. The van der Waals surface area contributed by atoms with Crippen LogP contribution in [0.5, 0.6) is 0 Å². The van der Waals surface area contributed by atoms with E-state index in [9.17, 15) is 9.59 Å². The van der Waals surface area contributed by atoms with Gasteiger partial charge >= 0.3 is 0 Å². The number of aliphatic imine (C=N–C) groups is 1. The number of amides is 1. The SMILES string of the molecule is CCC(=O)N=C(N)CC(=O)c1ccc(C)cc1. The summed E-state index contributed by atoms with van der Waals surface area (Å²) in [5.41, 5.74) is 7.20. The van der Waals surface area contributed by atoms with Gasteiger partial charge in [-0.25, -0.2) is 4.99 Å². The number of hydrogen-bond acceptors (Lipinski definition) is 2. The van der Waals surface area contributed by atoms with Gasteiger partial charge in [0.05, 0.1) is 6.42 Å². The molecular weight excluding hydrogens is 216 g/mol. The lowest BCUT2D eigenvalue weighted by Gasteiger charge is -2.01. The van der Waals surface area contributed by atoms with Gasteiger partial charge in [0, 0.05) is 12.0 Å². The molecule has 90 valence electrons. The van der Waals surface area contributed by atoms with Crippen LogP contribution < -0.4 is 5.73 Å². The highest BCUT2D eigenvalue weighted by Gasteiger charge is 2.08. The summed E-state index contributed by atoms with van der Waals surface area (Å²) in [5, 5.41) is 0. The summed E-state index contributed by atoms with van der Waals surface area (Å²) in [6, 6.07) is 7.20. The smallest absolute Gasteiger partial charge is 0.247 e. The molecule has 17 heavy (non-hydrogen) atoms. The Balaban J connectivity index is 2.69. The molecule has 0 atom stereocenters. The number of ketones is 1. The molecule has 0 aliphatic carbocycles. The summed E-state index contributed by atoms with van der Waals surface area (Å²) in [4.78, 5) is 26.4. The first-order valence-corrected chi connectivity index (χ1v) is 5.48. The van der Waals surface area contributed by atoms with Crippen molar-refractivity contribution in [2.45, 2.75) is 26.7 Å². The zero-order valence-corrected chi connectivity index (χ0v) is 10.1. The van der Waals surface area contributed by atoms with Crippen LogP contribution in [0, 0.1) is 6.92 Å². The van der Waals surface area contributed by atoms with Crippen molar-refractivity contribution >= 4 is 17.5 Å². The molecule has 1 aromatic carbocycles. The third-order valence-electron chi connectivity index (χ3n) is 2.29. The van der Waals surface area contributed by atoms with Crippen molar-refractivity contribution in [3.63, 3.8) is 0 Å². The lowest BCUT2D eigenvalue weighted by molar-refractivity contribution is -0.117. The number of Topliss-reactive ketones (excluding diaryl/α,β-unsaturated/α-hetero) is 1. The minimum absolute atomic E-state index is 0.0190. The Morgan fingerprint density at radius 3 is 2.35 bits per heavy atom. The van der Waals surface area contributed by atoms with Crippen LogP contribution in [0.2, 0.25) is 0 Å². The Morgan fingerprint density at radius 2 is 1.82 bits per heavy atom. The van der Waals surface area contributed by atoms with Crippen LogP contribution in [-0.2, 0) is 4.79 Å². The molecule has 4 heteroatoms. The maximum absolute atomic E-state index is 11.8. The zero-order valence-electron chi connectivity index (χ0n) is 10.1. The van der Waals surface area contributed by atoms with Gasteiger partial charge in [0.1, 0.15) is 5.84 Å². The molecule has 0 saturated heterocycles. The molecule has 2 N–H and O–H groups in total. The first kappa shape index (κ1) is 13.1. The van der Waals surface area contributed by atoms with Gasteiger partial charge in [-0.1, -0.05) is 36.8 Å². The third-order valence-corrected chi connectivity index (χ3v) is 2.29. The molecule has 0 bridgehead atoms. The Labute approximate surface area is 101 Å². The number of rotatable bonds is 4. The highest BCUT2D eigenvalue weighted by molar-refractivity contribution is 6.10. The molecule has 0 fully saturated rings. The Morgan fingerprint density at radius 1 is 1.24 bits per heavy atom. The number of amidine groups is 1. The van der Waals surface area contributed by atoms with E-state index >= 15 is 0 Å². The molecule has 0 aliphatic heterocycles. The zero-order chi connectivity index (χ0) is 12.8. The predicted octanol–water partition coefficient (Wildman–Crippen LogP) is 1.86. The van der Waals surface area contributed by atoms with Crippen molar-refractivity contribution in [2.75, 3.05) is 0 Å². The van der Waals surface area contributed by atoms with E-state index in [-0.39, 0.29) is 23.9 Å². The molecule has 0 heterocycles. The van der Waals surface area contributed by atoms with Gasteiger partial charge < -0.3 is 5.73 Å². The van der Waals surface area contributed by atoms with Crippen LogP contribution in [0.15, 0.2) is 29.3 Å². The first-order chi connectivity index (χ1) is 8.02. The summed E-state index contributed by atoms with van der Waals surface area (Å²) >= 11 is 0. The third kappa shape index (κ3) is 4.18. The van der Waals surface area contributed by atoms with E-state index < -0.39 is 0 Å². The monoisotopic (exact) mass is 232 g/mol. The minimum atomic E-state index is -0.306. The lowest BCUT2D eigenvalue weighted by Crippen LogP contribution is -2.18. The predicted molar refractivity (Wildman–Crippen MR) is 67.0 cm³/mol. The van der Waals surface area contributed by atoms with Gasteiger partial charge in [0.2, 0.25) is 5.91 Å². The summed E-state index contributed by atoms with van der Waals surface area (Å²) < 4.78 is 0. The summed E-state index contributed by atoms with van der Waals surface area (Å²) in [5.74, 6) is -0.364. The van der Waals surface area contributed by atoms with Crippen LogP contribution in [0.1, 0.15) is 35.7 Å². The number of carbonyl (C=O) groups excluding carboxylic acids is 2. The molecular formula is C13H16N2O2. The molecule has 0 spiro atoms. The largest absolute Gasteiger partial charge is 0.387 e. The topological polar surface area (TPSA) is 72.5 Å². The molecule has 0 unspecified atom stereocenters. The maximum Gasteiger partial charge on any atom is 0.247 e. The molecule has 0 aromatic heterocycles. The van der Waals surface area contributed by atoms with Crippen molar-refractivity contribution in [1.29, 1.82) is 0 Å². The summed E-state index contributed by atoms with van der Waals surface area (Å²) in [7, 11) is 0. The van der Waals surface area contributed by atoms with E-state index in [4.69, 9.17) is 5.73 Å². The van der Waals surface area contributed by atoms with Crippen molar-refractivity contribution in [3.8, 4) is 0 Å². The number of aryl methyl sites for hydroxylation is 1. The minimum Gasteiger partial charge on any atom is -0.387 e. The highest BCUT2D eigenvalue weighted by Crippen LogP contribution is 2.06. The second-order valence-corrected chi connectivity index (χ2v) is 3.82. The number of nitrogens with two attached hydrogens (primary N) is 1. The van der Waals surface area contributed by atoms with Gasteiger partial charge in [-0.2, -0.15) is 0 Å².